The topological polar surface area (TPSA) is 110 Å². The molecule has 1 heterocycles. The summed E-state index contributed by atoms with van der Waals surface area (Å²) >= 11 is 0. The molecule has 168 valence electrons. The molecule has 0 saturated carbocycles. The monoisotopic (exact) mass is 414 g/mol. The molecule has 29 heavy (non-hydrogen) atoms. The van der Waals surface area contributed by atoms with Gasteiger partial charge in [-0.2, -0.15) is 0 Å². The lowest BCUT2D eigenvalue weighted by molar-refractivity contribution is -0.156. The van der Waals surface area contributed by atoms with Crippen LogP contribution in [0, 0.1) is 0 Å². The van der Waals surface area contributed by atoms with E-state index in [2.05, 4.69) is 11.7 Å². The molecule has 0 aromatic carbocycles. The smallest absolute Gasteiger partial charge is 0.378 e. The molecule has 1 rings (SSSR count). The van der Waals surface area contributed by atoms with Crippen molar-refractivity contribution in [3.05, 3.63) is 0 Å². The van der Waals surface area contributed by atoms with Crippen molar-refractivity contribution in [1.29, 1.82) is 0 Å². The zero-order chi connectivity index (χ0) is 21.5. The number of Topliss-reactive ketones (excluding diaryl/α,β-unsaturated/α-hetero) is 1. The number of esters is 2. The molecule has 0 amide bonds. The fourth-order valence-electron chi connectivity index (χ4n) is 3.44. The molecule has 1 saturated heterocycles. The maximum absolute atomic E-state index is 11.7. The second-order valence-electron chi connectivity index (χ2n) is 7.92. The molecular weight excluding hydrogens is 376 g/mol. The third-order valence-electron chi connectivity index (χ3n) is 5.30. The fraction of sp³-hybridized carbons (Fsp3) is 0.864. The van der Waals surface area contributed by atoms with Crippen LogP contribution in [0.15, 0.2) is 0 Å². The van der Waals surface area contributed by atoms with Gasteiger partial charge in [-0.15, -0.1) is 0 Å². The second kappa shape index (κ2) is 15.4. The molecule has 0 aromatic heterocycles. The van der Waals surface area contributed by atoms with Gasteiger partial charge in [0.25, 0.3) is 5.78 Å². The Balaban J connectivity index is 1.92. The van der Waals surface area contributed by atoms with E-state index in [1.807, 2.05) is 0 Å². The minimum Gasteiger partial charge on any atom is -0.463 e. The first-order valence-electron chi connectivity index (χ1n) is 11.2. The molecule has 1 fully saturated rings. The summed E-state index contributed by atoms with van der Waals surface area (Å²) in [5, 5.41) is 19.3. The average Bonchev–Trinajstić information content (AvgIpc) is 2.97. The van der Waals surface area contributed by atoms with Crippen LogP contribution in [0.3, 0.4) is 0 Å². The van der Waals surface area contributed by atoms with Gasteiger partial charge in [0, 0.05) is 6.42 Å². The molecule has 7 nitrogen and oxygen atoms in total. The summed E-state index contributed by atoms with van der Waals surface area (Å²) in [7, 11) is 0. The van der Waals surface area contributed by atoms with Crippen molar-refractivity contribution >= 4 is 17.7 Å². The largest absolute Gasteiger partial charge is 0.463 e. The number of ether oxygens (including phenoxy) is 2. The van der Waals surface area contributed by atoms with Crippen molar-refractivity contribution in [2.24, 2.45) is 0 Å². The Morgan fingerprint density at radius 1 is 0.931 bits per heavy atom. The van der Waals surface area contributed by atoms with E-state index in [0.717, 1.165) is 19.3 Å². The predicted octanol–water partition coefficient (Wildman–Crippen LogP) is 3.23. The van der Waals surface area contributed by atoms with Gasteiger partial charge in [-0.05, 0) is 6.42 Å². The van der Waals surface area contributed by atoms with Crippen LogP contribution in [0.1, 0.15) is 96.8 Å². The van der Waals surface area contributed by atoms with Crippen LogP contribution in [0.25, 0.3) is 0 Å². The van der Waals surface area contributed by atoms with E-state index in [1.165, 1.54) is 64.2 Å². The fourth-order valence-corrected chi connectivity index (χ4v) is 3.44. The van der Waals surface area contributed by atoms with Crippen molar-refractivity contribution in [2.45, 2.75) is 115 Å². The minimum atomic E-state index is -1.71. The van der Waals surface area contributed by atoms with Crippen molar-refractivity contribution in [1.82, 2.24) is 0 Å². The number of aliphatic hydroxyl groups excluding tert-OH is 2. The van der Waals surface area contributed by atoms with Crippen molar-refractivity contribution < 1.29 is 34.1 Å². The summed E-state index contributed by atoms with van der Waals surface area (Å²) in [6, 6.07) is 0. The van der Waals surface area contributed by atoms with E-state index in [1.54, 1.807) is 0 Å². The molecule has 0 radical (unpaired) electrons. The van der Waals surface area contributed by atoms with E-state index < -0.39 is 42.6 Å². The van der Waals surface area contributed by atoms with Crippen molar-refractivity contribution in [3.63, 3.8) is 0 Å². The summed E-state index contributed by atoms with van der Waals surface area (Å²) < 4.78 is 9.52. The van der Waals surface area contributed by atoms with Crippen LogP contribution >= 0.6 is 0 Å². The molecule has 3 atom stereocenters. The lowest BCUT2D eigenvalue weighted by Gasteiger charge is -2.18. The van der Waals surface area contributed by atoms with E-state index in [0.29, 0.717) is 0 Å². The van der Waals surface area contributed by atoms with Gasteiger partial charge < -0.3 is 19.7 Å². The van der Waals surface area contributed by atoms with E-state index >= 15 is 0 Å². The lowest BCUT2D eigenvalue weighted by atomic mass is 10.0. The Morgan fingerprint density at radius 2 is 1.41 bits per heavy atom. The van der Waals surface area contributed by atoms with Gasteiger partial charge in [-0.1, -0.05) is 84.0 Å². The van der Waals surface area contributed by atoms with Crippen LogP contribution < -0.4 is 0 Å². The van der Waals surface area contributed by atoms with Crippen LogP contribution in [0.5, 0.6) is 0 Å². The number of ketones is 1. The van der Waals surface area contributed by atoms with Crippen LogP contribution in [-0.2, 0) is 23.9 Å². The highest BCUT2D eigenvalue weighted by molar-refractivity contribution is 6.37. The SMILES string of the molecule is CCCCCCCCCCCCCCCC(=O)OCC(O)C1OC(=O)C(=O)C1O. The zero-order valence-electron chi connectivity index (χ0n) is 17.8. The summed E-state index contributed by atoms with van der Waals surface area (Å²) in [5.74, 6) is -2.72. The molecule has 0 bridgehead atoms. The minimum absolute atomic E-state index is 0.260. The lowest BCUT2D eigenvalue weighted by Crippen LogP contribution is -2.40. The number of hydrogen-bond donors (Lipinski definition) is 2. The predicted molar refractivity (Wildman–Crippen MR) is 108 cm³/mol. The normalized spacial score (nSPS) is 20.0. The number of carbonyl (C=O) groups is 3. The third kappa shape index (κ3) is 10.8. The second-order valence-corrected chi connectivity index (χ2v) is 7.92. The Bertz CT molecular complexity index is 492. The van der Waals surface area contributed by atoms with Crippen molar-refractivity contribution in [2.75, 3.05) is 6.61 Å². The van der Waals surface area contributed by atoms with Gasteiger partial charge in [0.15, 0.2) is 12.2 Å². The Labute approximate surface area is 174 Å². The molecular formula is C22H38O7. The van der Waals surface area contributed by atoms with Crippen LogP contribution in [-0.4, -0.2) is 52.9 Å². The summed E-state index contributed by atoms with van der Waals surface area (Å²) in [5.41, 5.74) is 0. The first-order valence-corrected chi connectivity index (χ1v) is 11.2. The number of unbranched alkanes of at least 4 members (excludes halogenated alkanes) is 12. The quantitative estimate of drug-likeness (QED) is 0.214. The van der Waals surface area contributed by atoms with Gasteiger partial charge in [0.2, 0.25) is 0 Å². The highest BCUT2D eigenvalue weighted by Gasteiger charge is 2.46. The molecule has 7 heteroatoms. The number of hydrogen-bond acceptors (Lipinski definition) is 7. The summed E-state index contributed by atoms with van der Waals surface area (Å²) in [4.78, 5) is 33.9. The van der Waals surface area contributed by atoms with E-state index in [-0.39, 0.29) is 6.42 Å². The number of carbonyl (C=O) groups excluding carboxylic acids is 3. The Morgan fingerprint density at radius 3 is 1.86 bits per heavy atom. The highest BCUT2D eigenvalue weighted by Crippen LogP contribution is 2.16. The van der Waals surface area contributed by atoms with Gasteiger partial charge in [0.05, 0.1) is 0 Å². The number of aliphatic hydroxyl groups is 2. The standard InChI is InChI=1S/C22H38O7/c1-2-3-4-5-6-7-8-9-10-11-12-13-14-15-18(24)28-16-17(23)21-19(25)20(26)22(27)29-21/h17,19,21,23,25H,2-16H2,1H3. The molecule has 0 aliphatic carbocycles. The number of cyclic esters (lactones) is 1. The Kier molecular flexibility index (Phi) is 13.6. The zero-order valence-corrected chi connectivity index (χ0v) is 17.8. The molecule has 0 aromatic rings. The molecule has 2 N–H and O–H groups in total. The summed E-state index contributed by atoms with van der Waals surface area (Å²) in [6.07, 6.45) is 11.6. The number of rotatable bonds is 17. The molecule has 0 spiro atoms. The maximum atomic E-state index is 11.7. The van der Waals surface area contributed by atoms with Crippen molar-refractivity contribution in [3.8, 4) is 0 Å². The average molecular weight is 415 g/mol. The Hall–Kier alpha value is -1.47. The van der Waals surface area contributed by atoms with E-state index in [9.17, 15) is 24.6 Å². The first kappa shape index (κ1) is 25.6. The summed E-state index contributed by atoms with van der Waals surface area (Å²) in [6.45, 7) is 1.82. The van der Waals surface area contributed by atoms with Crippen LogP contribution in [0.4, 0.5) is 0 Å². The van der Waals surface area contributed by atoms with Gasteiger partial charge in [0.1, 0.15) is 12.7 Å². The van der Waals surface area contributed by atoms with Gasteiger partial charge in [-0.3, -0.25) is 9.59 Å². The van der Waals surface area contributed by atoms with Gasteiger partial charge >= 0.3 is 11.9 Å². The third-order valence-corrected chi connectivity index (χ3v) is 5.30. The first-order chi connectivity index (χ1) is 14.0. The molecule has 3 unspecified atom stereocenters. The van der Waals surface area contributed by atoms with E-state index in [4.69, 9.17) is 4.74 Å². The van der Waals surface area contributed by atoms with Crippen LogP contribution in [0.2, 0.25) is 0 Å². The molecule has 1 aliphatic heterocycles. The highest BCUT2D eigenvalue weighted by atomic mass is 16.6. The molecule has 1 aliphatic rings. The maximum Gasteiger partial charge on any atom is 0.378 e. The van der Waals surface area contributed by atoms with Gasteiger partial charge in [-0.25, -0.2) is 4.79 Å².